The van der Waals surface area contributed by atoms with Crippen LogP contribution in [0.2, 0.25) is 0 Å². The molecule has 0 aliphatic carbocycles. The van der Waals surface area contributed by atoms with E-state index in [-0.39, 0.29) is 30.1 Å². The molecule has 0 saturated carbocycles. The van der Waals surface area contributed by atoms with Gasteiger partial charge in [0, 0.05) is 30.5 Å². The third-order valence-electron chi connectivity index (χ3n) is 3.79. The molecular weight excluding hydrogens is 305 g/mol. The molecule has 0 unspecified atom stereocenters. The summed E-state index contributed by atoms with van der Waals surface area (Å²) in [5.74, 6) is 0.180. The minimum absolute atomic E-state index is 0.0990. The summed E-state index contributed by atoms with van der Waals surface area (Å²) in [5, 5.41) is 8.13. The summed E-state index contributed by atoms with van der Waals surface area (Å²) in [7, 11) is 1.54. The summed E-state index contributed by atoms with van der Waals surface area (Å²) in [6.45, 7) is 0. The van der Waals surface area contributed by atoms with E-state index in [0.717, 1.165) is 22.6 Å². The largest absolute Gasteiger partial charge is 0.344 e. The number of thioether (sulfide) groups is 1. The highest BCUT2D eigenvalue weighted by atomic mass is 32.2. The van der Waals surface area contributed by atoms with Crippen LogP contribution in [-0.2, 0) is 9.59 Å². The first-order valence-corrected chi connectivity index (χ1v) is 8.10. The molecule has 2 aliphatic rings. The minimum Gasteiger partial charge on any atom is -0.344 e. The molecule has 1 aromatic rings. The maximum atomic E-state index is 13.5. The minimum atomic E-state index is -0.305. The number of carbonyl (C=O) groups excluding carboxylic acids is 2. The Balaban J connectivity index is 1.77. The molecule has 1 atom stereocenters. The van der Waals surface area contributed by atoms with Crippen LogP contribution < -0.4 is 5.32 Å². The molecule has 1 aromatic carbocycles. The topological polar surface area (TPSA) is 61.8 Å². The second-order valence-electron chi connectivity index (χ2n) is 5.31. The van der Waals surface area contributed by atoms with Gasteiger partial charge in [-0.1, -0.05) is 0 Å². The Kier molecular flexibility index (Phi) is 4.15. The molecule has 2 heterocycles. The van der Waals surface area contributed by atoms with Gasteiger partial charge in [-0.3, -0.25) is 9.59 Å². The van der Waals surface area contributed by atoms with Gasteiger partial charge in [0.25, 0.3) is 5.91 Å². The van der Waals surface area contributed by atoms with Gasteiger partial charge < -0.3 is 5.32 Å². The van der Waals surface area contributed by atoms with E-state index in [1.807, 2.05) is 0 Å². The lowest BCUT2D eigenvalue weighted by Crippen LogP contribution is -2.40. The normalized spacial score (nSPS) is 21.2. The summed E-state index contributed by atoms with van der Waals surface area (Å²) >= 11 is 1.66. The number of hydrazone groups is 1. The van der Waals surface area contributed by atoms with Gasteiger partial charge in [0.15, 0.2) is 0 Å². The highest BCUT2D eigenvalue weighted by molar-refractivity contribution is 7.99. The van der Waals surface area contributed by atoms with Crippen molar-refractivity contribution in [3.05, 3.63) is 29.6 Å². The molecule has 116 valence electrons. The quantitative estimate of drug-likeness (QED) is 0.907. The van der Waals surface area contributed by atoms with Gasteiger partial charge in [0.1, 0.15) is 11.5 Å². The van der Waals surface area contributed by atoms with Crippen LogP contribution in [0.4, 0.5) is 4.39 Å². The van der Waals surface area contributed by atoms with Crippen molar-refractivity contribution in [2.75, 3.05) is 12.8 Å². The maximum Gasteiger partial charge on any atom is 0.267 e. The number of fused-ring (bicyclic) bond motifs is 1. The number of rotatable bonds is 2. The third-order valence-corrected chi connectivity index (χ3v) is 4.91. The molecule has 0 spiro atoms. The smallest absolute Gasteiger partial charge is 0.267 e. The van der Waals surface area contributed by atoms with E-state index in [1.54, 1.807) is 17.8 Å². The molecule has 0 fully saturated rings. The number of halogens is 1. The molecule has 2 amide bonds. The van der Waals surface area contributed by atoms with E-state index in [1.165, 1.54) is 24.2 Å². The number of hydrogen-bond donors (Lipinski definition) is 1. The lowest BCUT2D eigenvalue weighted by Gasteiger charge is -2.27. The zero-order valence-corrected chi connectivity index (χ0v) is 13.0. The predicted octanol–water partition coefficient (Wildman–Crippen LogP) is 2.09. The van der Waals surface area contributed by atoms with Crippen molar-refractivity contribution in [2.24, 2.45) is 5.10 Å². The average molecular weight is 321 g/mol. The fraction of sp³-hybridized carbons (Fsp3) is 0.400. The van der Waals surface area contributed by atoms with Crippen molar-refractivity contribution in [2.45, 2.75) is 30.2 Å². The molecule has 0 saturated heterocycles. The zero-order chi connectivity index (χ0) is 15.7. The molecule has 2 aliphatic heterocycles. The molecule has 0 aromatic heterocycles. The van der Waals surface area contributed by atoms with Crippen LogP contribution in [0.25, 0.3) is 0 Å². The van der Waals surface area contributed by atoms with Gasteiger partial charge in [-0.2, -0.15) is 5.10 Å². The Morgan fingerprint density at radius 3 is 3.05 bits per heavy atom. The number of benzene rings is 1. The maximum absolute atomic E-state index is 13.5. The highest BCUT2D eigenvalue weighted by Crippen LogP contribution is 2.36. The number of nitrogens with one attached hydrogen (secondary N) is 1. The lowest BCUT2D eigenvalue weighted by atomic mass is 10.0. The van der Waals surface area contributed by atoms with Gasteiger partial charge in [0.05, 0.1) is 6.04 Å². The van der Waals surface area contributed by atoms with E-state index >= 15 is 0 Å². The fourth-order valence-corrected chi connectivity index (χ4v) is 3.70. The van der Waals surface area contributed by atoms with E-state index in [4.69, 9.17) is 0 Å². The first-order valence-electron chi connectivity index (χ1n) is 7.12. The Labute approximate surface area is 131 Å². The van der Waals surface area contributed by atoms with Crippen LogP contribution in [0.3, 0.4) is 0 Å². The first kappa shape index (κ1) is 15.0. The van der Waals surface area contributed by atoms with Crippen LogP contribution in [0.15, 0.2) is 28.2 Å². The van der Waals surface area contributed by atoms with Crippen LogP contribution in [-0.4, -0.2) is 35.3 Å². The van der Waals surface area contributed by atoms with Crippen molar-refractivity contribution in [1.29, 1.82) is 0 Å². The Morgan fingerprint density at radius 1 is 1.45 bits per heavy atom. The van der Waals surface area contributed by atoms with Crippen LogP contribution in [0.1, 0.15) is 30.9 Å². The second-order valence-corrected chi connectivity index (χ2v) is 6.45. The number of amides is 2. The zero-order valence-electron chi connectivity index (χ0n) is 12.1. The van der Waals surface area contributed by atoms with E-state index in [0.29, 0.717) is 12.1 Å². The Bertz CT molecular complexity index is 662. The lowest BCUT2D eigenvalue weighted by molar-refractivity contribution is -0.130. The molecule has 1 N–H and O–H groups in total. The van der Waals surface area contributed by atoms with Crippen LogP contribution in [0.5, 0.6) is 0 Å². The number of nitrogens with zero attached hydrogens (tertiary/aromatic N) is 2. The van der Waals surface area contributed by atoms with E-state index < -0.39 is 0 Å². The first-order chi connectivity index (χ1) is 10.5. The third kappa shape index (κ3) is 2.99. The Hall–Kier alpha value is -1.89. The highest BCUT2D eigenvalue weighted by Gasteiger charge is 2.27. The molecule has 0 radical (unpaired) electrons. The van der Waals surface area contributed by atoms with Crippen molar-refractivity contribution < 1.29 is 14.0 Å². The predicted molar refractivity (Wildman–Crippen MR) is 82.1 cm³/mol. The molecule has 22 heavy (non-hydrogen) atoms. The van der Waals surface area contributed by atoms with Gasteiger partial charge in [0.2, 0.25) is 5.91 Å². The van der Waals surface area contributed by atoms with Crippen LogP contribution in [0, 0.1) is 5.82 Å². The summed E-state index contributed by atoms with van der Waals surface area (Å²) in [6, 6.07) is 4.44. The van der Waals surface area contributed by atoms with Crippen molar-refractivity contribution in [1.82, 2.24) is 10.3 Å². The van der Waals surface area contributed by atoms with E-state index in [9.17, 15) is 14.0 Å². The summed E-state index contributed by atoms with van der Waals surface area (Å²) in [6.07, 6.45) is 1.37. The van der Waals surface area contributed by atoms with Crippen LogP contribution >= 0.6 is 11.8 Å². The van der Waals surface area contributed by atoms with Gasteiger partial charge in [-0.15, -0.1) is 11.8 Å². The van der Waals surface area contributed by atoms with Gasteiger partial charge >= 0.3 is 0 Å². The molecule has 7 heteroatoms. The van der Waals surface area contributed by atoms with Crippen molar-refractivity contribution in [3.63, 3.8) is 0 Å². The summed E-state index contributed by atoms with van der Waals surface area (Å²) < 4.78 is 13.5. The molecule has 5 nitrogen and oxygen atoms in total. The molecule has 3 rings (SSSR count). The van der Waals surface area contributed by atoms with Gasteiger partial charge in [-0.25, -0.2) is 9.40 Å². The van der Waals surface area contributed by atoms with Gasteiger partial charge in [-0.05, 0) is 30.2 Å². The molecule has 0 bridgehead atoms. The SMILES string of the molecule is CN1N=C(C(=O)N[C@H]2CCSc3ccc(F)cc32)CCC1=O. The van der Waals surface area contributed by atoms with Crippen molar-refractivity contribution >= 4 is 29.3 Å². The monoisotopic (exact) mass is 321 g/mol. The number of carbonyl (C=O) groups is 2. The average Bonchev–Trinajstić information content (AvgIpc) is 2.50. The fourth-order valence-electron chi connectivity index (χ4n) is 2.59. The molecular formula is C15H16FN3O2S. The number of hydrogen-bond acceptors (Lipinski definition) is 4. The Morgan fingerprint density at radius 2 is 2.27 bits per heavy atom. The summed E-state index contributed by atoms with van der Waals surface area (Å²) in [4.78, 5) is 24.7. The standard InChI is InChI=1S/C15H16FN3O2S/c1-19-14(20)5-3-12(18-19)15(21)17-11-6-7-22-13-4-2-9(16)8-10(11)13/h2,4,8,11H,3,5-7H2,1H3,(H,17,21)/t11-/m0/s1. The summed E-state index contributed by atoms with van der Waals surface area (Å²) in [5.41, 5.74) is 1.16. The van der Waals surface area contributed by atoms with E-state index in [2.05, 4.69) is 10.4 Å². The second kappa shape index (κ2) is 6.08. The van der Waals surface area contributed by atoms with Crippen molar-refractivity contribution in [3.8, 4) is 0 Å².